The molecule has 0 unspecified atom stereocenters. The first-order valence-electron chi connectivity index (χ1n) is 9.28. The summed E-state index contributed by atoms with van der Waals surface area (Å²) >= 11 is 4.85. The topological polar surface area (TPSA) is 72.2 Å². The summed E-state index contributed by atoms with van der Waals surface area (Å²) in [6.07, 6.45) is 4.71. The molecule has 4 aromatic heterocycles. The molecule has 4 aromatic rings. The maximum absolute atomic E-state index is 12.2. The van der Waals surface area contributed by atoms with Crippen molar-refractivity contribution in [2.24, 2.45) is 0 Å². The van der Waals surface area contributed by atoms with Crippen LogP contribution in [0.15, 0.2) is 22.7 Å². The van der Waals surface area contributed by atoms with E-state index in [-0.39, 0.29) is 5.91 Å². The molecular weight excluding hydrogens is 410 g/mol. The van der Waals surface area contributed by atoms with E-state index in [1.807, 2.05) is 28.8 Å². The number of aryl methyl sites for hydroxylation is 3. The lowest BCUT2D eigenvalue weighted by Crippen LogP contribution is -2.24. The Hall–Kier alpha value is -1.97. The van der Waals surface area contributed by atoms with Crippen molar-refractivity contribution in [2.45, 2.75) is 44.3 Å². The summed E-state index contributed by atoms with van der Waals surface area (Å²) in [7, 11) is 0. The highest BCUT2D eigenvalue weighted by Gasteiger charge is 2.22. The van der Waals surface area contributed by atoms with Gasteiger partial charge in [-0.3, -0.25) is 9.20 Å². The summed E-state index contributed by atoms with van der Waals surface area (Å²) in [6.45, 7) is 2.55. The number of thiophene rings is 2. The number of thioether (sulfide) groups is 1. The molecule has 1 aliphatic rings. The van der Waals surface area contributed by atoms with E-state index >= 15 is 0 Å². The van der Waals surface area contributed by atoms with Gasteiger partial charge in [-0.1, -0.05) is 17.8 Å². The Morgan fingerprint density at radius 1 is 1.32 bits per heavy atom. The lowest BCUT2D eigenvalue weighted by atomic mass is 9.97. The van der Waals surface area contributed by atoms with Gasteiger partial charge in [0.1, 0.15) is 10.7 Å². The van der Waals surface area contributed by atoms with Crippen LogP contribution in [0.25, 0.3) is 15.9 Å². The van der Waals surface area contributed by atoms with Crippen LogP contribution in [0.5, 0.6) is 0 Å². The molecule has 1 amide bonds. The van der Waals surface area contributed by atoms with E-state index in [4.69, 9.17) is 4.98 Å². The Kier molecular flexibility index (Phi) is 4.82. The summed E-state index contributed by atoms with van der Waals surface area (Å²) in [5.41, 5.74) is 2.28. The SMILES string of the molecule is Cc1nc2sc3c(c2c2nnc(SCC(=O)NCc4cccs4)n12)CCCC3. The third kappa shape index (κ3) is 3.21. The monoisotopic (exact) mass is 429 g/mol. The van der Waals surface area contributed by atoms with Crippen LogP contribution in [0.2, 0.25) is 0 Å². The van der Waals surface area contributed by atoms with Gasteiger partial charge in [-0.15, -0.1) is 32.9 Å². The van der Waals surface area contributed by atoms with Gasteiger partial charge in [-0.2, -0.15) is 0 Å². The number of nitrogens with zero attached hydrogens (tertiary/aromatic N) is 4. The summed E-state index contributed by atoms with van der Waals surface area (Å²) in [6, 6.07) is 4.01. The minimum Gasteiger partial charge on any atom is -0.350 e. The van der Waals surface area contributed by atoms with Gasteiger partial charge in [0.05, 0.1) is 17.7 Å². The van der Waals surface area contributed by atoms with E-state index in [1.165, 1.54) is 35.0 Å². The Bertz CT molecular complexity index is 1160. The predicted molar refractivity (Wildman–Crippen MR) is 114 cm³/mol. The zero-order chi connectivity index (χ0) is 19.1. The first-order chi connectivity index (χ1) is 13.7. The average molecular weight is 430 g/mol. The molecule has 0 atom stereocenters. The number of carbonyl (C=O) groups excluding carboxylic acids is 1. The van der Waals surface area contributed by atoms with Crippen molar-refractivity contribution < 1.29 is 4.79 Å². The number of hydrogen-bond acceptors (Lipinski definition) is 7. The Balaban J connectivity index is 1.40. The van der Waals surface area contributed by atoms with Gasteiger partial charge in [0.2, 0.25) is 5.91 Å². The van der Waals surface area contributed by atoms with Crippen LogP contribution in [0.1, 0.15) is 34.0 Å². The highest BCUT2D eigenvalue weighted by atomic mass is 32.2. The van der Waals surface area contributed by atoms with Crippen LogP contribution >= 0.6 is 34.4 Å². The molecule has 0 bridgehead atoms. The maximum atomic E-state index is 12.2. The van der Waals surface area contributed by atoms with Gasteiger partial charge in [-0.25, -0.2) is 4.98 Å². The number of nitrogens with one attached hydrogen (secondary N) is 1. The second-order valence-corrected chi connectivity index (χ2v) is 9.89. The fraction of sp³-hybridized carbons (Fsp3) is 0.368. The van der Waals surface area contributed by atoms with Crippen molar-refractivity contribution in [1.29, 1.82) is 0 Å². The van der Waals surface area contributed by atoms with Crippen molar-refractivity contribution in [3.8, 4) is 0 Å². The van der Waals surface area contributed by atoms with E-state index in [9.17, 15) is 4.79 Å². The number of aromatic nitrogens is 4. The number of amides is 1. The van der Waals surface area contributed by atoms with Gasteiger partial charge in [-0.05, 0) is 49.6 Å². The van der Waals surface area contributed by atoms with Crippen LogP contribution in [-0.2, 0) is 24.2 Å². The van der Waals surface area contributed by atoms with E-state index in [2.05, 4.69) is 15.5 Å². The molecular formula is C19H19N5OS3. The van der Waals surface area contributed by atoms with Crippen molar-refractivity contribution in [2.75, 3.05) is 5.75 Å². The van der Waals surface area contributed by atoms with Gasteiger partial charge in [0, 0.05) is 9.75 Å². The largest absolute Gasteiger partial charge is 0.350 e. The molecule has 0 aromatic carbocycles. The van der Waals surface area contributed by atoms with Gasteiger partial charge in [0.25, 0.3) is 0 Å². The minimum absolute atomic E-state index is 0.00486. The number of rotatable bonds is 5. The highest BCUT2D eigenvalue weighted by molar-refractivity contribution is 7.99. The second-order valence-electron chi connectivity index (χ2n) is 6.84. The molecule has 1 aliphatic carbocycles. The van der Waals surface area contributed by atoms with Crippen LogP contribution in [-0.4, -0.2) is 31.2 Å². The standard InChI is InChI=1S/C19H19N5OS3/c1-11-21-18-16(13-6-2-3-7-14(13)28-18)17-22-23-19(24(11)17)27-10-15(25)20-9-12-5-4-8-26-12/h4-5,8H,2-3,6-7,9-10H2,1H3,(H,20,25). The smallest absolute Gasteiger partial charge is 0.230 e. The second kappa shape index (κ2) is 7.46. The minimum atomic E-state index is -0.00486. The lowest BCUT2D eigenvalue weighted by Gasteiger charge is -2.10. The van der Waals surface area contributed by atoms with Crippen molar-refractivity contribution in [3.63, 3.8) is 0 Å². The van der Waals surface area contributed by atoms with E-state index in [1.54, 1.807) is 22.7 Å². The molecule has 0 spiro atoms. The fourth-order valence-electron chi connectivity index (χ4n) is 3.65. The zero-order valence-corrected chi connectivity index (χ0v) is 17.8. The van der Waals surface area contributed by atoms with E-state index in [0.717, 1.165) is 44.6 Å². The fourth-order valence-corrected chi connectivity index (χ4v) is 6.41. The molecule has 0 saturated heterocycles. The molecule has 0 radical (unpaired) electrons. The highest BCUT2D eigenvalue weighted by Crippen LogP contribution is 2.38. The summed E-state index contributed by atoms with van der Waals surface area (Å²) in [4.78, 5) is 20.7. The zero-order valence-electron chi connectivity index (χ0n) is 15.4. The summed E-state index contributed by atoms with van der Waals surface area (Å²) in [5, 5.41) is 15.7. The van der Waals surface area contributed by atoms with Crippen molar-refractivity contribution >= 4 is 56.2 Å². The summed E-state index contributed by atoms with van der Waals surface area (Å²) in [5.74, 6) is 1.17. The Labute approximate surface area is 174 Å². The Morgan fingerprint density at radius 3 is 3.07 bits per heavy atom. The number of fused-ring (bicyclic) bond motifs is 5. The van der Waals surface area contributed by atoms with Crippen molar-refractivity contribution in [1.82, 2.24) is 24.9 Å². The van der Waals surface area contributed by atoms with Gasteiger partial charge < -0.3 is 5.32 Å². The van der Waals surface area contributed by atoms with Crippen LogP contribution in [0, 0.1) is 6.92 Å². The van der Waals surface area contributed by atoms with Crippen molar-refractivity contribution in [3.05, 3.63) is 38.7 Å². The predicted octanol–water partition coefficient (Wildman–Crippen LogP) is 4.00. The summed E-state index contributed by atoms with van der Waals surface area (Å²) < 4.78 is 2.00. The molecule has 144 valence electrons. The molecule has 4 heterocycles. The molecule has 5 rings (SSSR count). The number of carbonyl (C=O) groups is 1. The quantitative estimate of drug-likeness (QED) is 0.486. The maximum Gasteiger partial charge on any atom is 0.230 e. The van der Waals surface area contributed by atoms with Crippen LogP contribution < -0.4 is 5.32 Å². The van der Waals surface area contributed by atoms with Crippen LogP contribution in [0.4, 0.5) is 0 Å². The Morgan fingerprint density at radius 2 is 2.21 bits per heavy atom. The van der Waals surface area contributed by atoms with E-state index < -0.39 is 0 Å². The molecule has 0 aliphatic heterocycles. The lowest BCUT2D eigenvalue weighted by molar-refractivity contribution is -0.118. The normalized spacial score (nSPS) is 13.9. The first kappa shape index (κ1) is 18.1. The third-order valence-electron chi connectivity index (χ3n) is 4.97. The average Bonchev–Trinajstić information content (AvgIpc) is 3.42. The molecule has 9 heteroatoms. The molecule has 0 saturated carbocycles. The molecule has 28 heavy (non-hydrogen) atoms. The number of hydrogen-bond donors (Lipinski definition) is 1. The molecule has 1 N–H and O–H groups in total. The van der Waals surface area contributed by atoms with Crippen LogP contribution in [0.3, 0.4) is 0 Å². The van der Waals surface area contributed by atoms with E-state index in [0.29, 0.717) is 12.3 Å². The third-order valence-corrected chi connectivity index (χ3v) is 7.96. The van der Waals surface area contributed by atoms with Gasteiger partial charge >= 0.3 is 0 Å². The molecule has 0 fully saturated rings. The van der Waals surface area contributed by atoms with Gasteiger partial charge in [0.15, 0.2) is 10.8 Å². The first-order valence-corrected chi connectivity index (χ1v) is 12.0. The molecule has 6 nitrogen and oxygen atoms in total.